The number of carbonyl (C=O) groups is 1. The largest absolute Gasteiger partial charge is 0.489 e. The fourth-order valence-corrected chi connectivity index (χ4v) is 2.92. The Morgan fingerprint density at radius 3 is 2.35 bits per heavy atom. The first kappa shape index (κ1) is 21.8. The molecule has 0 unspecified atom stereocenters. The number of benzene rings is 3. The molecule has 5 nitrogen and oxygen atoms in total. The summed E-state index contributed by atoms with van der Waals surface area (Å²) in [5.74, 6) is 0.431. The highest BCUT2D eigenvalue weighted by Crippen LogP contribution is 2.22. The Morgan fingerprint density at radius 2 is 1.71 bits per heavy atom. The molecule has 3 rings (SSSR count). The van der Waals surface area contributed by atoms with Crippen molar-refractivity contribution in [2.45, 2.75) is 32.8 Å². The van der Waals surface area contributed by atoms with Gasteiger partial charge in [0.05, 0.1) is 17.8 Å². The molecule has 3 aromatic carbocycles. The first-order chi connectivity index (χ1) is 14.9. The molecule has 1 N–H and O–H groups in total. The SMILES string of the molecule is CC(C)(C)c1ccc(C(=O)N/N=C\c2ccc(OCc3ccccc3C#N)cc2)cc1. The van der Waals surface area contributed by atoms with Crippen molar-refractivity contribution in [3.05, 3.63) is 101 Å². The lowest BCUT2D eigenvalue weighted by atomic mass is 9.87. The van der Waals surface area contributed by atoms with Crippen molar-refractivity contribution in [1.82, 2.24) is 5.43 Å². The number of nitriles is 1. The van der Waals surface area contributed by atoms with Crippen molar-refractivity contribution < 1.29 is 9.53 Å². The fourth-order valence-electron chi connectivity index (χ4n) is 2.92. The van der Waals surface area contributed by atoms with Gasteiger partial charge in [0.15, 0.2) is 0 Å². The molecule has 0 saturated heterocycles. The van der Waals surface area contributed by atoms with Gasteiger partial charge in [-0.2, -0.15) is 10.4 Å². The van der Waals surface area contributed by atoms with E-state index in [0.717, 1.165) is 11.1 Å². The van der Waals surface area contributed by atoms with Crippen molar-refractivity contribution in [2.75, 3.05) is 0 Å². The molecule has 5 heteroatoms. The molecule has 0 atom stereocenters. The lowest BCUT2D eigenvalue weighted by Gasteiger charge is -2.18. The van der Waals surface area contributed by atoms with Crippen LogP contribution in [0.4, 0.5) is 0 Å². The lowest BCUT2D eigenvalue weighted by molar-refractivity contribution is 0.0955. The number of nitrogens with zero attached hydrogens (tertiary/aromatic N) is 2. The summed E-state index contributed by atoms with van der Waals surface area (Å²) in [5.41, 5.74) is 6.60. The van der Waals surface area contributed by atoms with E-state index in [1.54, 1.807) is 12.3 Å². The van der Waals surface area contributed by atoms with E-state index >= 15 is 0 Å². The summed E-state index contributed by atoms with van der Waals surface area (Å²) in [7, 11) is 0. The van der Waals surface area contributed by atoms with E-state index in [0.29, 0.717) is 23.5 Å². The summed E-state index contributed by atoms with van der Waals surface area (Å²) in [6.07, 6.45) is 1.58. The van der Waals surface area contributed by atoms with Gasteiger partial charge in [-0.25, -0.2) is 5.43 Å². The fraction of sp³-hybridized carbons (Fsp3) is 0.192. The maximum Gasteiger partial charge on any atom is 0.271 e. The zero-order valence-corrected chi connectivity index (χ0v) is 17.9. The number of carbonyl (C=O) groups excluding carboxylic acids is 1. The van der Waals surface area contributed by atoms with Crippen LogP contribution in [0, 0.1) is 11.3 Å². The smallest absolute Gasteiger partial charge is 0.271 e. The summed E-state index contributed by atoms with van der Waals surface area (Å²) >= 11 is 0. The van der Waals surface area contributed by atoms with Crippen LogP contribution in [-0.2, 0) is 12.0 Å². The molecule has 0 aliphatic carbocycles. The van der Waals surface area contributed by atoms with Crippen LogP contribution in [-0.4, -0.2) is 12.1 Å². The predicted octanol–water partition coefficient (Wildman–Crippen LogP) is 5.20. The van der Waals surface area contributed by atoms with E-state index in [4.69, 9.17) is 10.00 Å². The average molecular weight is 412 g/mol. The van der Waals surface area contributed by atoms with Crippen molar-refractivity contribution in [3.63, 3.8) is 0 Å². The molecule has 156 valence electrons. The number of hydrogen-bond donors (Lipinski definition) is 1. The Kier molecular flexibility index (Phi) is 6.84. The predicted molar refractivity (Wildman–Crippen MR) is 122 cm³/mol. The standard InChI is InChI=1S/C26H25N3O2/c1-26(2,3)23-12-10-20(11-13-23)25(30)29-28-17-19-8-14-24(15-9-19)31-18-22-7-5-4-6-21(22)16-27/h4-15,17H,18H2,1-3H3,(H,29,30)/b28-17-. The van der Waals surface area contributed by atoms with Gasteiger partial charge in [-0.3, -0.25) is 4.79 Å². The highest BCUT2D eigenvalue weighted by Gasteiger charge is 2.14. The molecule has 0 spiro atoms. The maximum absolute atomic E-state index is 12.3. The van der Waals surface area contributed by atoms with Crippen LogP contribution in [0.5, 0.6) is 5.75 Å². The van der Waals surface area contributed by atoms with Gasteiger partial charge in [0.25, 0.3) is 5.91 Å². The second-order valence-electron chi connectivity index (χ2n) is 8.15. The van der Waals surface area contributed by atoms with Gasteiger partial charge in [-0.15, -0.1) is 0 Å². The molecule has 0 aliphatic rings. The van der Waals surface area contributed by atoms with Crippen LogP contribution in [0.1, 0.15) is 53.4 Å². The molecule has 0 saturated carbocycles. The number of hydrogen-bond acceptors (Lipinski definition) is 4. The molecule has 0 bridgehead atoms. The van der Waals surface area contributed by atoms with Crippen molar-refractivity contribution >= 4 is 12.1 Å². The van der Waals surface area contributed by atoms with Crippen LogP contribution in [0.2, 0.25) is 0 Å². The third-order valence-electron chi connectivity index (χ3n) is 4.81. The van der Waals surface area contributed by atoms with Crippen molar-refractivity contribution in [1.29, 1.82) is 5.26 Å². The van der Waals surface area contributed by atoms with E-state index in [9.17, 15) is 4.79 Å². The zero-order valence-electron chi connectivity index (χ0n) is 17.9. The van der Waals surface area contributed by atoms with E-state index in [1.807, 2.05) is 66.7 Å². The highest BCUT2D eigenvalue weighted by molar-refractivity contribution is 5.94. The van der Waals surface area contributed by atoms with E-state index in [1.165, 1.54) is 5.56 Å². The maximum atomic E-state index is 12.3. The third-order valence-corrected chi connectivity index (χ3v) is 4.81. The Balaban J connectivity index is 1.53. The second kappa shape index (κ2) is 9.73. The van der Waals surface area contributed by atoms with E-state index in [-0.39, 0.29) is 11.3 Å². The molecular weight excluding hydrogens is 386 g/mol. The molecule has 3 aromatic rings. The van der Waals surface area contributed by atoms with Gasteiger partial charge >= 0.3 is 0 Å². The number of rotatable bonds is 6. The van der Waals surface area contributed by atoms with E-state index < -0.39 is 0 Å². The topological polar surface area (TPSA) is 74.5 Å². The molecule has 0 aromatic heterocycles. The Hall–Kier alpha value is -3.91. The number of hydrazone groups is 1. The zero-order chi connectivity index (χ0) is 22.3. The van der Waals surface area contributed by atoms with Crippen molar-refractivity contribution in [2.24, 2.45) is 5.10 Å². The van der Waals surface area contributed by atoms with E-state index in [2.05, 4.69) is 37.4 Å². The first-order valence-corrected chi connectivity index (χ1v) is 10.0. The van der Waals surface area contributed by atoms with Crippen molar-refractivity contribution in [3.8, 4) is 11.8 Å². The minimum atomic E-state index is -0.257. The Labute approximate surface area is 183 Å². The number of amides is 1. The summed E-state index contributed by atoms with van der Waals surface area (Å²) < 4.78 is 5.76. The van der Waals surface area contributed by atoms with Gasteiger partial charge in [0.1, 0.15) is 12.4 Å². The summed E-state index contributed by atoms with van der Waals surface area (Å²) in [6.45, 7) is 6.72. The third kappa shape index (κ3) is 6.03. The minimum Gasteiger partial charge on any atom is -0.489 e. The molecule has 0 heterocycles. The summed E-state index contributed by atoms with van der Waals surface area (Å²) in [5, 5.41) is 13.2. The van der Waals surface area contributed by atoms with Crippen LogP contribution in [0.3, 0.4) is 0 Å². The van der Waals surface area contributed by atoms with Gasteiger partial charge in [0, 0.05) is 11.1 Å². The Bertz CT molecular complexity index is 1100. The second-order valence-corrected chi connectivity index (χ2v) is 8.15. The van der Waals surface area contributed by atoms with Gasteiger partial charge in [-0.05, 0) is 59.0 Å². The van der Waals surface area contributed by atoms with Gasteiger partial charge in [-0.1, -0.05) is 51.1 Å². The minimum absolute atomic E-state index is 0.0438. The lowest BCUT2D eigenvalue weighted by Crippen LogP contribution is -2.18. The number of nitrogens with one attached hydrogen (secondary N) is 1. The van der Waals surface area contributed by atoms with Crippen LogP contribution >= 0.6 is 0 Å². The van der Waals surface area contributed by atoms with Crippen LogP contribution in [0.25, 0.3) is 0 Å². The summed E-state index contributed by atoms with van der Waals surface area (Å²) in [4.78, 5) is 12.3. The van der Waals surface area contributed by atoms with Crippen LogP contribution < -0.4 is 10.2 Å². The highest BCUT2D eigenvalue weighted by atomic mass is 16.5. The van der Waals surface area contributed by atoms with Crippen LogP contribution in [0.15, 0.2) is 77.9 Å². The monoisotopic (exact) mass is 411 g/mol. The quantitative estimate of drug-likeness (QED) is 0.448. The molecular formula is C26H25N3O2. The normalized spacial score (nSPS) is 11.2. The molecule has 0 radical (unpaired) electrons. The molecule has 31 heavy (non-hydrogen) atoms. The first-order valence-electron chi connectivity index (χ1n) is 10.0. The van der Waals surface area contributed by atoms with Gasteiger partial charge < -0.3 is 4.74 Å². The average Bonchev–Trinajstić information content (AvgIpc) is 2.78. The Morgan fingerprint density at radius 1 is 1.03 bits per heavy atom. The summed E-state index contributed by atoms with van der Waals surface area (Å²) in [6, 6.07) is 24.4. The van der Waals surface area contributed by atoms with Gasteiger partial charge in [0.2, 0.25) is 0 Å². The molecule has 1 amide bonds. The molecule has 0 aliphatic heterocycles. The number of ether oxygens (including phenoxy) is 1. The molecule has 0 fully saturated rings.